The standard InChI is InChI=1S/C63H88N6O11/c1-60(2,3)77-56(73)64(37-25-39-66(58(75)79-62(7,8)9)43-49-27-17-13-18-28-49)41-35-54(71)68(45-51-31-21-15-22-32-51)47-53(70)48-69(46-52-33-23-16-24-34-52)55(72)36-42-65(57(74)78-61(4,5)6)38-26-40-67(59(76)80-63(10,11)12)44-50-29-19-14-20-30-50/h13-24,27-34H,25-26,35-48H2,1-12H3. The maximum absolute atomic E-state index is 14.4. The van der Waals surface area contributed by atoms with Crippen molar-refractivity contribution in [2.75, 3.05) is 52.4 Å². The van der Waals surface area contributed by atoms with E-state index in [4.69, 9.17) is 18.9 Å². The zero-order valence-electron chi connectivity index (χ0n) is 49.5. The molecule has 0 spiro atoms. The third kappa shape index (κ3) is 26.0. The molecule has 0 saturated heterocycles. The Morgan fingerprint density at radius 1 is 0.312 bits per heavy atom. The van der Waals surface area contributed by atoms with Crippen LogP contribution in [0.3, 0.4) is 0 Å². The molecule has 4 aromatic carbocycles. The molecule has 436 valence electrons. The summed E-state index contributed by atoms with van der Waals surface area (Å²) >= 11 is 0. The quantitative estimate of drug-likeness (QED) is 0.0547. The average molecular weight is 1110 g/mol. The Morgan fingerprint density at radius 3 is 0.787 bits per heavy atom. The van der Waals surface area contributed by atoms with Gasteiger partial charge in [0.1, 0.15) is 22.4 Å². The van der Waals surface area contributed by atoms with Crippen LogP contribution in [0.25, 0.3) is 0 Å². The number of hydrogen-bond donors (Lipinski definition) is 0. The van der Waals surface area contributed by atoms with Crippen LogP contribution in [0.4, 0.5) is 19.2 Å². The van der Waals surface area contributed by atoms with Gasteiger partial charge in [-0.15, -0.1) is 0 Å². The molecule has 0 unspecified atom stereocenters. The Bertz CT molecular complexity index is 2400. The van der Waals surface area contributed by atoms with Crippen molar-refractivity contribution < 1.29 is 52.5 Å². The molecular formula is C63H88N6O11. The van der Waals surface area contributed by atoms with E-state index < -0.39 is 64.4 Å². The summed E-state index contributed by atoms with van der Waals surface area (Å²) in [6, 6.07) is 37.5. The predicted octanol–water partition coefficient (Wildman–Crippen LogP) is 11.5. The number of nitrogens with zero attached hydrogens (tertiary/aromatic N) is 6. The number of hydrogen-bond acceptors (Lipinski definition) is 11. The zero-order chi connectivity index (χ0) is 59.1. The van der Waals surface area contributed by atoms with Crippen LogP contribution in [0.5, 0.6) is 0 Å². The normalized spacial score (nSPS) is 11.7. The minimum Gasteiger partial charge on any atom is -0.444 e. The van der Waals surface area contributed by atoms with Crippen LogP contribution in [0.2, 0.25) is 0 Å². The average Bonchev–Trinajstić information content (AvgIpc) is 3.37. The molecule has 0 aromatic heterocycles. The highest BCUT2D eigenvalue weighted by Gasteiger charge is 2.30. The topological polar surface area (TPSA) is 176 Å². The summed E-state index contributed by atoms with van der Waals surface area (Å²) in [5.41, 5.74) is 0.208. The Labute approximate surface area is 475 Å². The van der Waals surface area contributed by atoms with Crippen LogP contribution in [0.1, 0.15) is 131 Å². The molecule has 17 heteroatoms. The number of ketones is 1. The molecule has 0 aliphatic carbocycles. The summed E-state index contributed by atoms with van der Waals surface area (Å²) in [5.74, 6) is -1.22. The van der Waals surface area contributed by atoms with Crippen LogP contribution in [0.15, 0.2) is 121 Å². The van der Waals surface area contributed by atoms with Crippen molar-refractivity contribution in [3.05, 3.63) is 144 Å². The van der Waals surface area contributed by atoms with E-state index in [-0.39, 0.29) is 91.4 Å². The fourth-order valence-electron chi connectivity index (χ4n) is 8.20. The molecule has 0 heterocycles. The maximum atomic E-state index is 14.4. The molecule has 0 N–H and O–H groups in total. The second kappa shape index (κ2) is 30.8. The molecule has 0 saturated carbocycles. The van der Waals surface area contributed by atoms with Crippen LogP contribution < -0.4 is 0 Å². The third-order valence-corrected chi connectivity index (χ3v) is 11.8. The largest absolute Gasteiger partial charge is 0.444 e. The van der Waals surface area contributed by atoms with Gasteiger partial charge in [-0.2, -0.15) is 0 Å². The van der Waals surface area contributed by atoms with E-state index in [1.807, 2.05) is 121 Å². The van der Waals surface area contributed by atoms with Gasteiger partial charge in [-0.1, -0.05) is 121 Å². The van der Waals surface area contributed by atoms with E-state index in [2.05, 4.69) is 0 Å². The Morgan fingerprint density at radius 2 is 0.537 bits per heavy atom. The second-order valence-electron chi connectivity index (χ2n) is 23.9. The minimum atomic E-state index is -0.841. The van der Waals surface area contributed by atoms with Crippen molar-refractivity contribution >= 4 is 42.0 Å². The van der Waals surface area contributed by atoms with Gasteiger partial charge in [-0.3, -0.25) is 14.4 Å². The van der Waals surface area contributed by atoms with Gasteiger partial charge < -0.3 is 48.3 Å². The highest BCUT2D eigenvalue weighted by atomic mass is 16.6. The Hall–Kier alpha value is -7.43. The summed E-state index contributed by atoms with van der Waals surface area (Å²) in [4.78, 5) is 107. The molecule has 0 bridgehead atoms. The first kappa shape index (κ1) is 65.1. The predicted molar refractivity (Wildman–Crippen MR) is 309 cm³/mol. The van der Waals surface area contributed by atoms with E-state index in [9.17, 15) is 33.6 Å². The van der Waals surface area contributed by atoms with Gasteiger partial charge in [0.15, 0.2) is 5.78 Å². The molecule has 0 aliphatic heterocycles. The number of carbonyl (C=O) groups is 7. The van der Waals surface area contributed by atoms with Crippen molar-refractivity contribution in [3.63, 3.8) is 0 Å². The number of carbonyl (C=O) groups excluding carboxylic acids is 7. The first-order valence-electron chi connectivity index (χ1n) is 27.7. The number of Topliss-reactive ketones (excluding diaryl/α,β-unsaturated/α-hetero) is 1. The van der Waals surface area contributed by atoms with Crippen molar-refractivity contribution in [1.82, 2.24) is 29.4 Å². The van der Waals surface area contributed by atoms with Gasteiger partial charge in [0, 0.05) is 78.3 Å². The summed E-state index contributed by atoms with van der Waals surface area (Å²) in [6.07, 6.45) is -1.89. The molecule has 0 atom stereocenters. The lowest BCUT2D eigenvalue weighted by molar-refractivity contribution is -0.139. The van der Waals surface area contributed by atoms with Crippen LogP contribution in [0, 0.1) is 0 Å². The number of ether oxygens (including phenoxy) is 4. The molecular weight excluding hydrogens is 1020 g/mol. The SMILES string of the molecule is CC(C)(C)OC(=O)N(CCCN(Cc1ccccc1)C(=O)OC(C)(C)C)CCC(=O)N(CC(=O)CN(Cc1ccccc1)C(=O)CCN(CCCN(Cc1ccccc1)C(=O)OC(C)(C)C)C(=O)OC(C)(C)C)Cc1ccccc1. The lowest BCUT2D eigenvalue weighted by Gasteiger charge is -2.31. The smallest absolute Gasteiger partial charge is 0.410 e. The van der Waals surface area contributed by atoms with Gasteiger partial charge in [0.25, 0.3) is 0 Å². The summed E-state index contributed by atoms with van der Waals surface area (Å²) in [6.45, 7) is 22.1. The third-order valence-electron chi connectivity index (χ3n) is 11.8. The fourth-order valence-corrected chi connectivity index (χ4v) is 8.20. The molecule has 0 radical (unpaired) electrons. The maximum Gasteiger partial charge on any atom is 0.410 e. The fraction of sp³-hybridized carbons (Fsp3) is 0.508. The highest BCUT2D eigenvalue weighted by Crippen LogP contribution is 2.19. The Kier molecular flexibility index (Phi) is 25.1. The minimum absolute atomic E-state index is 0.0445. The van der Waals surface area contributed by atoms with E-state index >= 15 is 0 Å². The van der Waals surface area contributed by atoms with Gasteiger partial charge in [-0.25, -0.2) is 19.2 Å². The van der Waals surface area contributed by atoms with E-state index in [1.165, 1.54) is 19.6 Å². The first-order chi connectivity index (χ1) is 37.5. The summed E-state index contributed by atoms with van der Waals surface area (Å²) in [7, 11) is 0. The lowest BCUT2D eigenvalue weighted by atomic mass is 10.1. The number of rotatable bonds is 26. The lowest BCUT2D eigenvalue weighted by Crippen LogP contribution is -2.45. The van der Waals surface area contributed by atoms with Crippen molar-refractivity contribution in [3.8, 4) is 0 Å². The van der Waals surface area contributed by atoms with E-state index in [0.29, 0.717) is 12.8 Å². The van der Waals surface area contributed by atoms with Gasteiger partial charge in [0.2, 0.25) is 11.8 Å². The molecule has 0 aliphatic rings. The zero-order valence-corrected chi connectivity index (χ0v) is 49.5. The Balaban J connectivity index is 1.53. The van der Waals surface area contributed by atoms with E-state index in [1.54, 1.807) is 92.9 Å². The second-order valence-corrected chi connectivity index (χ2v) is 23.9. The highest BCUT2D eigenvalue weighted by molar-refractivity contribution is 5.90. The molecule has 4 rings (SSSR count). The molecule has 17 nitrogen and oxygen atoms in total. The van der Waals surface area contributed by atoms with Crippen molar-refractivity contribution in [2.45, 2.75) is 157 Å². The van der Waals surface area contributed by atoms with Crippen LogP contribution in [-0.2, 0) is 59.5 Å². The molecule has 80 heavy (non-hydrogen) atoms. The number of amides is 6. The van der Waals surface area contributed by atoms with Crippen molar-refractivity contribution in [2.24, 2.45) is 0 Å². The molecule has 0 fully saturated rings. The summed E-state index contributed by atoms with van der Waals surface area (Å²) in [5, 5.41) is 0. The molecule has 4 aromatic rings. The molecule has 6 amide bonds. The first-order valence-corrected chi connectivity index (χ1v) is 27.7. The summed E-state index contributed by atoms with van der Waals surface area (Å²) < 4.78 is 23.1. The monoisotopic (exact) mass is 1100 g/mol. The van der Waals surface area contributed by atoms with E-state index in [0.717, 1.165) is 22.3 Å². The van der Waals surface area contributed by atoms with Crippen molar-refractivity contribution in [1.29, 1.82) is 0 Å². The van der Waals surface area contributed by atoms with Gasteiger partial charge >= 0.3 is 24.4 Å². The van der Waals surface area contributed by atoms with Crippen LogP contribution >= 0.6 is 0 Å². The van der Waals surface area contributed by atoms with Gasteiger partial charge in [0.05, 0.1) is 13.1 Å². The van der Waals surface area contributed by atoms with Crippen LogP contribution in [-0.4, -0.2) is 146 Å². The number of benzene rings is 4. The van der Waals surface area contributed by atoms with Gasteiger partial charge in [-0.05, 0) is 118 Å².